The quantitative estimate of drug-likeness (QED) is 0.782. The van der Waals surface area contributed by atoms with E-state index in [1.165, 1.54) is 11.1 Å². The van der Waals surface area contributed by atoms with Gasteiger partial charge in [0.2, 0.25) is 0 Å². The molecule has 1 aliphatic rings. The van der Waals surface area contributed by atoms with Gasteiger partial charge in [0, 0.05) is 28.7 Å². The van der Waals surface area contributed by atoms with E-state index in [1.807, 2.05) is 18.2 Å². The highest BCUT2D eigenvalue weighted by Gasteiger charge is 2.31. The molecule has 3 rings (SSSR count). The van der Waals surface area contributed by atoms with Gasteiger partial charge < -0.3 is 10.1 Å². The molecule has 21 heavy (non-hydrogen) atoms. The molecule has 0 amide bonds. The molecule has 0 fully saturated rings. The minimum absolute atomic E-state index is 0.112. The first-order chi connectivity index (χ1) is 9.94. The number of hydrogen-bond acceptors (Lipinski definition) is 2. The van der Waals surface area contributed by atoms with Crippen molar-refractivity contribution >= 4 is 33.2 Å². The van der Waals surface area contributed by atoms with Crippen LogP contribution in [0.3, 0.4) is 0 Å². The molecule has 0 aliphatic carbocycles. The normalized spacial score (nSPS) is 15.4. The second-order valence-corrected chi connectivity index (χ2v) is 7.19. The minimum atomic E-state index is -0.112. The predicted molar refractivity (Wildman–Crippen MR) is 91.3 cm³/mol. The maximum Gasteiger partial charge on any atom is 0.128 e. The van der Waals surface area contributed by atoms with Crippen LogP contribution in [-0.2, 0) is 13.0 Å². The van der Waals surface area contributed by atoms with Gasteiger partial charge in [0.1, 0.15) is 11.4 Å². The van der Waals surface area contributed by atoms with Crippen LogP contribution in [0, 0.1) is 0 Å². The fraction of sp³-hybridized carbons (Fsp3) is 0.294. The maximum absolute atomic E-state index is 6.12. The highest BCUT2D eigenvalue weighted by Crippen LogP contribution is 2.37. The fourth-order valence-electron chi connectivity index (χ4n) is 2.62. The van der Waals surface area contributed by atoms with E-state index in [9.17, 15) is 0 Å². The first kappa shape index (κ1) is 14.7. The van der Waals surface area contributed by atoms with Crippen LogP contribution in [0.4, 0.5) is 5.69 Å². The molecule has 2 nitrogen and oxygen atoms in total. The summed E-state index contributed by atoms with van der Waals surface area (Å²) in [6, 6.07) is 12.2. The molecule has 4 heteroatoms. The Kier molecular flexibility index (Phi) is 3.89. The van der Waals surface area contributed by atoms with Crippen molar-refractivity contribution in [2.45, 2.75) is 32.4 Å². The third kappa shape index (κ3) is 3.19. The van der Waals surface area contributed by atoms with Gasteiger partial charge in [0.25, 0.3) is 0 Å². The Hall–Kier alpha value is -1.19. The highest BCUT2D eigenvalue weighted by atomic mass is 79.9. The lowest BCUT2D eigenvalue weighted by molar-refractivity contribution is 0.137. The van der Waals surface area contributed by atoms with Gasteiger partial charge in [-0.15, -0.1) is 0 Å². The van der Waals surface area contributed by atoms with E-state index in [0.29, 0.717) is 5.02 Å². The van der Waals surface area contributed by atoms with Gasteiger partial charge in [0.15, 0.2) is 0 Å². The number of nitrogens with one attached hydrogen (secondary N) is 1. The predicted octanol–water partition coefficient (Wildman–Crippen LogP) is 5.43. The number of para-hydroxylation sites is 1. The molecule has 0 aromatic heterocycles. The van der Waals surface area contributed by atoms with E-state index >= 15 is 0 Å². The number of benzene rings is 2. The van der Waals surface area contributed by atoms with Crippen LogP contribution in [-0.4, -0.2) is 5.60 Å². The number of halogens is 2. The molecule has 1 aliphatic heterocycles. The summed E-state index contributed by atoms with van der Waals surface area (Å²) in [7, 11) is 0. The Labute approximate surface area is 138 Å². The van der Waals surface area contributed by atoms with Crippen molar-refractivity contribution in [1.82, 2.24) is 0 Å². The van der Waals surface area contributed by atoms with Crippen molar-refractivity contribution < 1.29 is 4.74 Å². The van der Waals surface area contributed by atoms with Gasteiger partial charge >= 0.3 is 0 Å². The van der Waals surface area contributed by atoms with E-state index in [1.54, 1.807) is 0 Å². The fourth-order valence-corrected chi connectivity index (χ4v) is 3.05. The van der Waals surface area contributed by atoms with Crippen LogP contribution in [0.15, 0.2) is 40.9 Å². The molecular formula is C17H17BrClNO. The van der Waals surface area contributed by atoms with Crippen molar-refractivity contribution in [1.29, 1.82) is 0 Å². The van der Waals surface area contributed by atoms with Crippen LogP contribution in [0.25, 0.3) is 0 Å². The van der Waals surface area contributed by atoms with Gasteiger partial charge in [-0.05, 0) is 53.5 Å². The molecule has 0 bridgehead atoms. The van der Waals surface area contributed by atoms with Crippen LogP contribution in [0.2, 0.25) is 5.02 Å². The van der Waals surface area contributed by atoms with Crippen LogP contribution in [0.1, 0.15) is 25.0 Å². The van der Waals surface area contributed by atoms with Crippen molar-refractivity contribution in [3.8, 4) is 5.75 Å². The zero-order chi connectivity index (χ0) is 15.0. The van der Waals surface area contributed by atoms with Gasteiger partial charge in [-0.2, -0.15) is 0 Å². The number of hydrogen-bond donors (Lipinski definition) is 1. The topological polar surface area (TPSA) is 21.3 Å². The SMILES string of the molecule is CC1(C)Cc2cccc(CNc3ccc(Br)c(Cl)c3)c2O1. The van der Waals surface area contributed by atoms with Gasteiger partial charge in [-0.1, -0.05) is 29.8 Å². The molecule has 2 aromatic rings. The molecule has 0 saturated heterocycles. The molecule has 0 radical (unpaired) electrons. The summed E-state index contributed by atoms with van der Waals surface area (Å²) in [4.78, 5) is 0. The Morgan fingerprint density at radius 2 is 2.10 bits per heavy atom. The molecule has 0 saturated carbocycles. The average molecular weight is 367 g/mol. The zero-order valence-electron chi connectivity index (χ0n) is 12.0. The van der Waals surface area contributed by atoms with E-state index in [-0.39, 0.29) is 5.60 Å². The number of anilines is 1. The van der Waals surface area contributed by atoms with Crippen molar-refractivity contribution in [2.24, 2.45) is 0 Å². The molecule has 1 N–H and O–H groups in total. The monoisotopic (exact) mass is 365 g/mol. The second-order valence-electron chi connectivity index (χ2n) is 5.93. The van der Waals surface area contributed by atoms with Crippen LogP contribution < -0.4 is 10.1 Å². The molecule has 0 unspecified atom stereocenters. The first-order valence-electron chi connectivity index (χ1n) is 6.93. The molecule has 1 heterocycles. The molecule has 0 spiro atoms. The Balaban J connectivity index is 1.78. The van der Waals surface area contributed by atoms with E-state index in [2.05, 4.69) is 53.3 Å². The third-order valence-electron chi connectivity index (χ3n) is 3.58. The number of fused-ring (bicyclic) bond motifs is 1. The van der Waals surface area contributed by atoms with Crippen molar-refractivity contribution in [3.05, 3.63) is 57.0 Å². The highest BCUT2D eigenvalue weighted by molar-refractivity contribution is 9.10. The summed E-state index contributed by atoms with van der Waals surface area (Å²) in [5, 5.41) is 4.11. The van der Waals surface area contributed by atoms with Gasteiger partial charge in [-0.25, -0.2) is 0 Å². The minimum Gasteiger partial charge on any atom is -0.487 e. The van der Waals surface area contributed by atoms with Crippen LogP contribution in [0.5, 0.6) is 5.75 Å². The average Bonchev–Trinajstić information content (AvgIpc) is 2.74. The summed E-state index contributed by atoms with van der Waals surface area (Å²) in [5.74, 6) is 1.03. The smallest absolute Gasteiger partial charge is 0.128 e. The number of ether oxygens (including phenoxy) is 1. The Bertz CT molecular complexity index is 684. The Morgan fingerprint density at radius 1 is 1.29 bits per heavy atom. The lowest BCUT2D eigenvalue weighted by Crippen LogP contribution is -2.25. The van der Waals surface area contributed by atoms with Crippen molar-refractivity contribution in [2.75, 3.05) is 5.32 Å². The summed E-state index contributed by atoms with van der Waals surface area (Å²) in [6.45, 7) is 4.97. The zero-order valence-corrected chi connectivity index (χ0v) is 14.4. The maximum atomic E-state index is 6.12. The van der Waals surface area contributed by atoms with E-state index in [4.69, 9.17) is 16.3 Å². The molecule has 110 valence electrons. The number of rotatable bonds is 3. The van der Waals surface area contributed by atoms with Gasteiger partial charge in [0.05, 0.1) is 5.02 Å². The van der Waals surface area contributed by atoms with Crippen molar-refractivity contribution in [3.63, 3.8) is 0 Å². The summed E-state index contributed by atoms with van der Waals surface area (Å²) < 4.78 is 6.99. The Morgan fingerprint density at radius 3 is 2.86 bits per heavy atom. The van der Waals surface area contributed by atoms with E-state index in [0.717, 1.165) is 28.9 Å². The standard InChI is InChI=1S/C17H17BrClNO/c1-17(2)9-11-4-3-5-12(16(11)21-17)10-20-13-6-7-14(18)15(19)8-13/h3-8,20H,9-10H2,1-2H3. The van der Waals surface area contributed by atoms with Crippen LogP contribution >= 0.6 is 27.5 Å². The summed E-state index contributed by atoms with van der Waals surface area (Å²) in [5.41, 5.74) is 3.35. The molecular weight excluding hydrogens is 350 g/mol. The third-order valence-corrected chi connectivity index (χ3v) is 4.81. The molecule has 0 atom stereocenters. The van der Waals surface area contributed by atoms with E-state index < -0.39 is 0 Å². The molecule has 2 aromatic carbocycles. The summed E-state index contributed by atoms with van der Waals surface area (Å²) >= 11 is 9.51. The lowest BCUT2D eigenvalue weighted by atomic mass is 10.0. The second kappa shape index (κ2) is 5.54. The first-order valence-corrected chi connectivity index (χ1v) is 8.10. The lowest BCUT2D eigenvalue weighted by Gasteiger charge is -2.18. The largest absolute Gasteiger partial charge is 0.487 e. The van der Waals surface area contributed by atoms with Gasteiger partial charge in [-0.3, -0.25) is 0 Å². The summed E-state index contributed by atoms with van der Waals surface area (Å²) in [6.07, 6.45) is 0.959.